The fraction of sp³-hybridized carbons (Fsp3) is 0.375. The lowest BCUT2D eigenvalue weighted by Crippen LogP contribution is -2.30. The molecule has 20 heavy (non-hydrogen) atoms. The van der Waals surface area contributed by atoms with E-state index in [1.807, 2.05) is 52.0 Å². The van der Waals surface area contributed by atoms with Crippen LogP contribution in [0.15, 0.2) is 24.3 Å². The van der Waals surface area contributed by atoms with Gasteiger partial charge >= 0.3 is 0 Å². The topological polar surface area (TPSA) is 36.9 Å². The molecule has 0 saturated heterocycles. The summed E-state index contributed by atoms with van der Waals surface area (Å²) in [6, 6.07) is 7.88. The van der Waals surface area contributed by atoms with Gasteiger partial charge in [0, 0.05) is 27.7 Å². The van der Waals surface area contributed by atoms with Crippen molar-refractivity contribution in [3.63, 3.8) is 0 Å². The SMILES string of the molecule is CC1(C)Oc2ccc3ccc4c(c3c2O1)OC(C)(C)O4. The maximum Gasteiger partial charge on any atom is 0.246 e. The third-order valence-electron chi connectivity index (χ3n) is 3.43. The minimum atomic E-state index is -0.658. The summed E-state index contributed by atoms with van der Waals surface area (Å²) in [5, 5.41) is 1.96. The molecule has 0 N–H and O–H groups in total. The van der Waals surface area contributed by atoms with Crippen molar-refractivity contribution in [3.8, 4) is 23.0 Å². The summed E-state index contributed by atoms with van der Waals surface area (Å²) < 4.78 is 23.5. The minimum Gasteiger partial charge on any atom is -0.449 e. The average Bonchev–Trinajstić information content (AvgIpc) is 2.81. The largest absolute Gasteiger partial charge is 0.449 e. The van der Waals surface area contributed by atoms with E-state index in [1.54, 1.807) is 0 Å². The Morgan fingerprint density at radius 2 is 1.10 bits per heavy atom. The molecule has 2 aromatic carbocycles. The van der Waals surface area contributed by atoms with E-state index in [2.05, 4.69) is 0 Å². The predicted octanol–water partition coefficient (Wildman–Crippen LogP) is 3.85. The van der Waals surface area contributed by atoms with Gasteiger partial charge in [0.1, 0.15) is 0 Å². The fourth-order valence-corrected chi connectivity index (χ4v) is 2.74. The van der Waals surface area contributed by atoms with Crippen LogP contribution in [0.25, 0.3) is 10.8 Å². The Morgan fingerprint density at radius 3 is 1.55 bits per heavy atom. The summed E-state index contributed by atoms with van der Waals surface area (Å²) in [6.07, 6.45) is 0. The molecule has 2 aliphatic rings. The molecule has 0 saturated carbocycles. The Morgan fingerprint density at radius 1 is 0.650 bits per heavy atom. The van der Waals surface area contributed by atoms with Gasteiger partial charge in [-0.05, 0) is 17.5 Å². The smallest absolute Gasteiger partial charge is 0.246 e. The molecule has 0 aliphatic carbocycles. The first-order chi connectivity index (χ1) is 9.35. The Hall–Kier alpha value is -2.10. The van der Waals surface area contributed by atoms with Gasteiger partial charge in [-0.1, -0.05) is 12.1 Å². The minimum absolute atomic E-state index is 0.658. The first-order valence-electron chi connectivity index (χ1n) is 6.70. The van der Waals surface area contributed by atoms with Gasteiger partial charge in [-0.25, -0.2) is 0 Å². The molecule has 0 spiro atoms. The van der Waals surface area contributed by atoms with Gasteiger partial charge in [-0.3, -0.25) is 0 Å². The number of ether oxygens (including phenoxy) is 4. The van der Waals surface area contributed by atoms with E-state index < -0.39 is 11.6 Å². The number of hydrogen-bond donors (Lipinski definition) is 0. The van der Waals surface area contributed by atoms with Crippen LogP contribution in [0.5, 0.6) is 23.0 Å². The average molecular weight is 272 g/mol. The second-order valence-corrected chi connectivity index (χ2v) is 6.09. The molecule has 0 atom stereocenters. The lowest BCUT2D eigenvalue weighted by Gasteiger charge is -2.17. The Kier molecular flexibility index (Phi) is 1.94. The van der Waals surface area contributed by atoms with Crippen LogP contribution >= 0.6 is 0 Å². The Labute approximate surface area is 117 Å². The summed E-state index contributed by atoms with van der Waals surface area (Å²) in [7, 11) is 0. The molecule has 2 aliphatic heterocycles. The van der Waals surface area contributed by atoms with E-state index in [4.69, 9.17) is 18.9 Å². The van der Waals surface area contributed by atoms with E-state index in [1.165, 1.54) is 0 Å². The van der Waals surface area contributed by atoms with Crippen molar-refractivity contribution in [1.82, 2.24) is 0 Å². The normalized spacial score (nSPS) is 20.4. The Balaban J connectivity index is 2.01. The van der Waals surface area contributed by atoms with Crippen molar-refractivity contribution in [2.24, 2.45) is 0 Å². The first kappa shape index (κ1) is 11.7. The van der Waals surface area contributed by atoms with E-state index >= 15 is 0 Å². The van der Waals surface area contributed by atoms with Crippen LogP contribution in [-0.4, -0.2) is 11.6 Å². The second kappa shape index (κ2) is 3.32. The molecular formula is C16H16O4. The molecular weight excluding hydrogens is 256 g/mol. The maximum atomic E-state index is 5.94. The van der Waals surface area contributed by atoms with Crippen molar-refractivity contribution >= 4 is 10.8 Å². The Bertz CT molecular complexity index is 672. The van der Waals surface area contributed by atoms with Crippen molar-refractivity contribution in [3.05, 3.63) is 24.3 Å². The van der Waals surface area contributed by atoms with Crippen LogP contribution in [-0.2, 0) is 0 Å². The molecule has 0 bridgehead atoms. The van der Waals surface area contributed by atoms with Gasteiger partial charge in [-0.15, -0.1) is 0 Å². The fourth-order valence-electron chi connectivity index (χ4n) is 2.74. The van der Waals surface area contributed by atoms with Crippen molar-refractivity contribution < 1.29 is 18.9 Å². The zero-order valence-electron chi connectivity index (χ0n) is 11.9. The highest BCUT2D eigenvalue weighted by Crippen LogP contribution is 2.53. The highest BCUT2D eigenvalue weighted by molar-refractivity contribution is 5.98. The molecule has 104 valence electrons. The number of fused-ring (bicyclic) bond motifs is 5. The molecule has 2 aromatic rings. The van der Waals surface area contributed by atoms with Gasteiger partial charge in [-0.2, -0.15) is 0 Å². The highest BCUT2D eigenvalue weighted by atomic mass is 16.7. The number of rotatable bonds is 0. The molecule has 4 nitrogen and oxygen atoms in total. The van der Waals surface area contributed by atoms with E-state index in [9.17, 15) is 0 Å². The summed E-state index contributed by atoms with van der Waals surface area (Å²) in [6.45, 7) is 7.57. The van der Waals surface area contributed by atoms with Crippen LogP contribution in [0, 0.1) is 0 Å². The van der Waals surface area contributed by atoms with Gasteiger partial charge in [0.25, 0.3) is 0 Å². The second-order valence-electron chi connectivity index (χ2n) is 6.09. The number of benzene rings is 2. The van der Waals surface area contributed by atoms with Gasteiger partial charge in [0.05, 0.1) is 5.39 Å². The molecule has 4 rings (SSSR count). The summed E-state index contributed by atoms with van der Waals surface area (Å²) in [4.78, 5) is 0. The third-order valence-corrected chi connectivity index (χ3v) is 3.43. The van der Waals surface area contributed by atoms with Crippen LogP contribution in [0.4, 0.5) is 0 Å². The van der Waals surface area contributed by atoms with Gasteiger partial charge in [0.15, 0.2) is 23.0 Å². The zero-order valence-corrected chi connectivity index (χ0v) is 11.9. The first-order valence-corrected chi connectivity index (χ1v) is 6.70. The van der Waals surface area contributed by atoms with E-state index in [0.717, 1.165) is 33.8 Å². The molecule has 0 amide bonds. The van der Waals surface area contributed by atoms with Gasteiger partial charge < -0.3 is 18.9 Å². The van der Waals surface area contributed by atoms with Crippen LogP contribution in [0.2, 0.25) is 0 Å². The molecule has 0 unspecified atom stereocenters. The van der Waals surface area contributed by atoms with Gasteiger partial charge in [0.2, 0.25) is 11.6 Å². The lowest BCUT2D eigenvalue weighted by molar-refractivity contribution is -0.0441. The van der Waals surface area contributed by atoms with Crippen LogP contribution < -0.4 is 18.9 Å². The predicted molar refractivity (Wildman–Crippen MR) is 74.6 cm³/mol. The zero-order chi connectivity index (χ0) is 14.1. The monoisotopic (exact) mass is 272 g/mol. The number of hydrogen-bond acceptors (Lipinski definition) is 4. The molecule has 0 radical (unpaired) electrons. The molecule has 0 aromatic heterocycles. The molecule has 4 heteroatoms. The maximum absolute atomic E-state index is 5.94. The van der Waals surface area contributed by atoms with Crippen molar-refractivity contribution in [2.45, 2.75) is 39.3 Å². The van der Waals surface area contributed by atoms with E-state index in [-0.39, 0.29) is 0 Å². The highest BCUT2D eigenvalue weighted by Gasteiger charge is 2.38. The third kappa shape index (κ3) is 1.54. The summed E-state index contributed by atoms with van der Waals surface area (Å²) >= 11 is 0. The standard InChI is InChI=1S/C16H16O4/c1-15(2)17-10-7-5-9-6-8-11-14(12(9)13(10)19-15)20-16(3,4)18-11/h5-8H,1-4H3. The lowest BCUT2D eigenvalue weighted by atomic mass is 10.1. The summed E-state index contributed by atoms with van der Waals surface area (Å²) in [5.41, 5.74) is 0. The molecule has 0 fully saturated rings. The van der Waals surface area contributed by atoms with Crippen molar-refractivity contribution in [2.75, 3.05) is 0 Å². The van der Waals surface area contributed by atoms with Crippen molar-refractivity contribution in [1.29, 1.82) is 0 Å². The molecule has 2 heterocycles. The van der Waals surface area contributed by atoms with E-state index in [0.29, 0.717) is 0 Å². The van der Waals surface area contributed by atoms with Crippen LogP contribution in [0.3, 0.4) is 0 Å². The summed E-state index contributed by atoms with van der Waals surface area (Å²) in [5.74, 6) is 1.62. The van der Waals surface area contributed by atoms with Crippen LogP contribution in [0.1, 0.15) is 27.7 Å². The quantitative estimate of drug-likeness (QED) is 0.730.